The fourth-order valence-corrected chi connectivity index (χ4v) is 5.14. The molecule has 0 spiro atoms. The minimum absolute atomic E-state index is 0.231. The van der Waals surface area contributed by atoms with Gasteiger partial charge in [0.05, 0.1) is 0 Å². The first kappa shape index (κ1) is 17.0. The highest BCUT2D eigenvalue weighted by molar-refractivity contribution is 7.99. The van der Waals surface area contributed by atoms with Crippen molar-refractivity contribution >= 4 is 33.4 Å². The summed E-state index contributed by atoms with van der Waals surface area (Å²) in [5.74, 6) is 0.746. The van der Waals surface area contributed by atoms with Crippen molar-refractivity contribution < 1.29 is 12.8 Å². The third-order valence-corrected chi connectivity index (χ3v) is 6.29. The number of hydrogen-bond donors (Lipinski definition) is 1. The zero-order chi connectivity index (χ0) is 15.5. The third-order valence-electron chi connectivity index (χ3n) is 3.23. The Morgan fingerprint density at radius 2 is 2.05 bits per heavy atom. The maximum Gasteiger partial charge on any atom is 0.246 e. The first-order chi connectivity index (χ1) is 9.96. The van der Waals surface area contributed by atoms with Gasteiger partial charge in [-0.15, -0.1) is 0 Å². The van der Waals surface area contributed by atoms with Crippen molar-refractivity contribution in [1.29, 1.82) is 0 Å². The van der Waals surface area contributed by atoms with Crippen molar-refractivity contribution in [3.8, 4) is 0 Å². The third kappa shape index (κ3) is 3.90. The summed E-state index contributed by atoms with van der Waals surface area (Å²) in [4.78, 5) is -0.324. The van der Waals surface area contributed by atoms with Gasteiger partial charge in [0.1, 0.15) is 10.7 Å². The molecule has 0 unspecified atom stereocenters. The van der Waals surface area contributed by atoms with Crippen LogP contribution in [0.3, 0.4) is 0 Å². The molecule has 0 aromatic heterocycles. The summed E-state index contributed by atoms with van der Waals surface area (Å²) in [5, 5.41) is 3.21. The van der Waals surface area contributed by atoms with Crippen LogP contribution in [0.4, 0.5) is 4.39 Å². The summed E-state index contributed by atoms with van der Waals surface area (Å²) in [6, 6.07) is 2.66. The van der Waals surface area contributed by atoms with Crippen LogP contribution in [0.2, 0.25) is 5.02 Å². The molecule has 1 aromatic rings. The molecular formula is C13H18ClFN2O2S2. The van der Waals surface area contributed by atoms with Gasteiger partial charge in [-0.3, -0.25) is 0 Å². The van der Waals surface area contributed by atoms with E-state index in [-0.39, 0.29) is 22.0 Å². The summed E-state index contributed by atoms with van der Waals surface area (Å²) in [6.07, 6.45) is 0. The van der Waals surface area contributed by atoms with Crippen molar-refractivity contribution in [1.82, 2.24) is 9.62 Å². The highest BCUT2D eigenvalue weighted by Gasteiger charge is 2.30. The number of rotatable bonds is 5. The Bertz CT molecular complexity index is 604. The zero-order valence-electron chi connectivity index (χ0n) is 11.7. The Balaban J connectivity index is 2.39. The van der Waals surface area contributed by atoms with Crippen LogP contribution in [0.25, 0.3) is 0 Å². The van der Waals surface area contributed by atoms with Crippen LogP contribution in [-0.2, 0) is 16.6 Å². The highest BCUT2D eigenvalue weighted by Crippen LogP contribution is 2.27. The van der Waals surface area contributed by atoms with Gasteiger partial charge in [0.25, 0.3) is 0 Å². The Morgan fingerprint density at radius 1 is 1.38 bits per heavy atom. The van der Waals surface area contributed by atoms with E-state index >= 15 is 0 Å². The van der Waals surface area contributed by atoms with Crippen LogP contribution < -0.4 is 5.32 Å². The van der Waals surface area contributed by atoms with E-state index in [0.717, 1.165) is 11.5 Å². The lowest BCUT2D eigenvalue weighted by molar-refractivity contribution is 0.437. The molecule has 118 valence electrons. The average molecular weight is 353 g/mol. The topological polar surface area (TPSA) is 49.4 Å². The van der Waals surface area contributed by atoms with Gasteiger partial charge < -0.3 is 5.32 Å². The molecule has 1 aromatic carbocycles. The van der Waals surface area contributed by atoms with Gasteiger partial charge in [-0.05, 0) is 18.7 Å². The normalized spacial score (nSPS) is 17.1. The van der Waals surface area contributed by atoms with Gasteiger partial charge >= 0.3 is 0 Å². The van der Waals surface area contributed by atoms with Gasteiger partial charge in [-0.1, -0.05) is 18.5 Å². The molecule has 0 bridgehead atoms. The first-order valence-corrected chi connectivity index (χ1v) is 9.70. The molecule has 1 N–H and O–H groups in total. The second-order valence-electron chi connectivity index (χ2n) is 4.67. The number of halogens is 2. The van der Waals surface area contributed by atoms with Crippen molar-refractivity contribution in [2.75, 3.05) is 31.1 Å². The standard InChI is InChI=1S/C13H18ClFN2O2S2/c1-2-16-9-10-7-11(14)8-12(13(10)15)21(18,19)17-3-5-20-6-4-17/h7-8,16H,2-6,9H2,1H3. The maximum absolute atomic E-state index is 14.5. The van der Waals surface area contributed by atoms with Gasteiger partial charge in [-0.2, -0.15) is 16.1 Å². The minimum Gasteiger partial charge on any atom is -0.313 e. The maximum atomic E-state index is 14.5. The van der Waals surface area contributed by atoms with Gasteiger partial charge in [0.2, 0.25) is 10.0 Å². The lowest BCUT2D eigenvalue weighted by Gasteiger charge is -2.26. The largest absolute Gasteiger partial charge is 0.313 e. The second-order valence-corrected chi connectivity index (χ2v) is 8.24. The van der Waals surface area contributed by atoms with E-state index in [1.54, 1.807) is 11.8 Å². The van der Waals surface area contributed by atoms with Crippen molar-refractivity contribution in [2.45, 2.75) is 18.4 Å². The number of nitrogens with one attached hydrogen (secondary N) is 1. The molecule has 0 atom stereocenters. The van der Waals surface area contributed by atoms with Crippen LogP contribution in [0.5, 0.6) is 0 Å². The Hall–Kier alpha value is -0.340. The second kappa shape index (κ2) is 7.28. The Labute approximate surface area is 134 Å². The monoisotopic (exact) mass is 352 g/mol. The van der Waals surface area contributed by atoms with Crippen molar-refractivity contribution in [2.24, 2.45) is 0 Å². The van der Waals surface area contributed by atoms with E-state index in [9.17, 15) is 12.8 Å². The number of hydrogen-bond acceptors (Lipinski definition) is 4. The molecule has 1 aliphatic rings. The summed E-state index contributed by atoms with van der Waals surface area (Å²) in [6.45, 7) is 3.62. The molecule has 1 aliphatic heterocycles. The number of thioether (sulfide) groups is 1. The highest BCUT2D eigenvalue weighted by atomic mass is 35.5. The smallest absolute Gasteiger partial charge is 0.246 e. The summed E-state index contributed by atoms with van der Waals surface area (Å²) < 4.78 is 41.0. The molecule has 0 aliphatic carbocycles. The van der Waals surface area contributed by atoms with Gasteiger partial charge in [-0.25, -0.2) is 12.8 Å². The van der Waals surface area contributed by atoms with E-state index in [1.807, 2.05) is 6.92 Å². The van der Waals surface area contributed by atoms with Crippen molar-refractivity contribution in [3.05, 3.63) is 28.5 Å². The molecule has 0 amide bonds. The van der Waals surface area contributed by atoms with Crippen molar-refractivity contribution in [3.63, 3.8) is 0 Å². The Morgan fingerprint density at radius 3 is 2.67 bits per heavy atom. The number of sulfonamides is 1. The SMILES string of the molecule is CCNCc1cc(Cl)cc(S(=O)(=O)N2CCSCC2)c1F. The van der Waals surface area contributed by atoms with Crippen LogP contribution in [0.1, 0.15) is 12.5 Å². The predicted octanol–water partition coefficient (Wildman–Crippen LogP) is 2.33. The molecule has 1 fully saturated rings. The molecule has 2 rings (SSSR count). The number of benzene rings is 1. The lowest BCUT2D eigenvalue weighted by Crippen LogP contribution is -2.38. The summed E-state index contributed by atoms with van der Waals surface area (Å²) >= 11 is 7.66. The zero-order valence-corrected chi connectivity index (χ0v) is 14.1. The van der Waals surface area contributed by atoms with Gasteiger partial charge in [0, 0.05) is 41.7 Å². The quantitative estimate of drug-likeness (QED) is 0.883. The Kier molecular flexibility index (Phi) is 5.90. The van der Waals surface area contributed by atoms with E-state index in [2.05, 4.69) is 5.32 Å². The fourth-order valence-electron chi connectivity index (χ4n) is 2.12. The molecule has 1 saturated heterocycles. The molecule has 0 saturated carbocycles. The van der Waals surface area contributed by atoms with Crippen LogP contribution >= 0.6 is 23.4 Å². The lowest BCUT2D eigenvalue weighted by atomic mass is 10.2. The molecule has 8 heteroatoms. The van der Waals surface area contributed by atoms with E-state index in [1.165, 1.54) is 16.4 Å². The van der Waals surface area contributed by atoms with E-state index < -0.39 is 15.8 Å². The predicted molar refractivity (Wildman–Crippen MR) is 84.9 cm³/mol. The average Bonchev–Trinajstić information content (AvgIpc) is 2.48. The fraction of sp³-hybridized carbons (Fsp3) is 0.538. The molecular weight excluding hydrogens is 335 g/mol. The van der Waals surface area contributed by atoms with E-state index in [4.69, 9.17) is 11.6 Å². The summed E-state index contributed by atoms with van der Waals surface area (Å²) in [5.41, 5.74) is 0.273. The molecule has 1 heterocycles. The summed E-state index contributed by atoms with van der Waals surface area (Å²) in [7, 11) is -3.83. The molecule has 4 nitrogen and oxygen atoms in total. The van der Waals surface area contributed by atoms with E-state index in [0.29, 0.717) is 19.6 Å². The molecule has 0 radical (unpaired) electrons. The first-order valence-electron chi connectivity index (χ1n) is 6.73. The molecule has 21 heavy (non-hydrogen) atoms. The van der Waals surface area contributed by atoms with Gasteiger partial charge in [0.15, 0.2) is 0 Å². The minimum atomic E-state index is -3.83. The van der Waals surface area contributed by atoms with Crippen LogP contribution in [0.15, 0.2) is 17.0 Å². The van der Waals surface area contributed by atoms with Crippen LogP contribution in [0, 0.1) is 5.82 Å². The van der Waals surface area contributed by atoms with Crippen LogP contribution in [-0.4, -0.2) is 43.9 Å². The number of nitrogens with zero attached hydrogens (tertiary/aromatic N) is 1.